The fraction of sp³-hybridized carbons (Fsp3) is 0.385. The molecule has 0 radical (unpaired) electrons. The lowest BCUT2D eigenvalue weighted by molar-refractivity contribution is -0.130. The van der Waals surface area contributed by atoms with Crippen LogP contribution < -0.4 is 10.3 Å². The lowest BCUT2D eigenvalue weighted by Crippen LogP contribution is -2.50. The van der Waals surface area contributed by atoms with E-state index in [0.29, 0.717) is 55.3 Å². The Kier molecular flexibility index (Phi) is 6.63. The molecule has 2 saturated heterocycles. The Bertz CT molecular complexity index is 1440. The number of rotatable bonds is 4. The first-order valence-corrected chi connectivity index (χ1v) is 12.9. The van der Waals surface area contributed by atoms with Crippen LogP contribution in [-0.2, 0) is 9.53 Å². The highest BCUT2D eigenvalue weighted by molar-refractivity contribution is 7.19. The monoisotopic (exact) mass is 507 g/mol. The third-order valence-electron chi connectivity index (χ3n) is 6.73. The number of pyridine rings is 2. The molecule has 0 saturated carbocycles. The molecule has 2 aliphatic rings. The molecule has 36 heavy (non-hydrogen) atoms. The van der Waals surface area contributed by atoms with Crippen molar-refractivity contribution in [3.63, 3.8) is 0 Å². The van der Waals surface area contributed by atoms with Crippen LogP contribution in [0, 0.1) is 0 Å². The zero-order valence-electron chi connectivity index (χ0n) is 20.5. The van der Waals surface area contributed by atoms with Crippen molar-refractivity contribution in [1.82, 2.24) is 19.2 Å². The summed E-state index contributed by atoms with van der Waals surface area (Å²) in [5, 5.41) is 0.398. The molecule has 5 heterocycles. The molecule has 0 spiro atoms. The molecular formula is C26H29N5O4S. The van der Waals surface area contributed by atoms with Gasteiger partial charge in [-0.2, -0.15) is 0 Å². The third-order valence-corrected chi connectivity index (χ3v) is 7.91. The van der Waals surface area contributed by atoms with E-state index >= 15 is 0 Å². The summed E-state index contributed by atoms with van der Waals surface area (Å²) < 4.78 is 7.40. The molecule has 0 aromatic carbocycles. The van der Waals surface area contributed by atoms with Crippen LogP contribution in [0.15, 0.2) is 29.6 Å². The Morgan fingerprint density at radius 3 is 2.42 bits per heavy atom. The standard InChI is InChI=1S/C26H29N5O4S/c1-4-6-19-20(5-2)36-26-22(25(34)30-11-9-28(10-12-30)17(3)32)23(33)18-7-8-21(27-24(18)31(19)26)29-13-15-35-16-14-29/h4-8H,2,9-16H2,1,3H3/b6-4-. The van der Waals surface area contributed by atoms with Gasteiger partial charge in [0.2, 0.25) is 11.3 Å². The van der Waals surface area contributed by atoms with E-state index in [1.807, 2.05) is 29.5 Å². The lowest BCUT2D eigenvalue weighted by atomic mass is 10.1. The van der Waals surface area contributed by atoms with Gasteiger partial charge in [0.1, 0.15) is 16.2 Å². The minimum atomic E-state index is -0.325. The first-order chi connectivity index (χ1) is 17.4. The van der Waals surface area contributed by atoms with Crippen LogP contribution in [-0.4, -0.2) is 83.5 Å². The average molecular weight is 508 g/mol. The number of morpholine rings is 1. The number of aromatic nitrogens is 2. The van der Waals surface area contributed by atoms with Crippen molar-refractivity contribution in [2.75, 3.05) is 57.4 Å². The minimum Gasteiger partial charge on any atom is -0.378 e. The Morgan fingerprint density at radius 2 is 1.78 bits per heavy atom. The normalized spacial score (nSPS) is 16.9. The molecule has 0 aliphatic carbocycles. The van der Waals surface area contributed by atoms with Gasteiger partial charge >= 0.3 is 0 Å². The van der Waals surface area contributed by atoms with Crippen LogP contribution in [0.4, 0.5) is 5.82 Å². The number of amides is 2. The summed E-state index contributed by atoms with van der Waals surface area (Å²) in [5.74, 6) is 0.447. The van der Waals surface area contributed by atoms with Gasteiger partial charge in [-0.3, -0.25) is 18.8 Å². The number of hydrogen-bond donors (Lipinski definition) is 0. The molecule has 0 atom stereocenters. The number of nitrogens with zero attached hydrogens (tertiary/aromatic N) is 5. The van der Waals surface area contributed by atoms with Gasteiger partial charge in [0, 0.05) is 46.2 Å². The zero-order chi connectivity index (χ0) is 25.4. The Morgan fingerprint density at radius 1 is 1.08 bits per heavy atom. The van der Waals surface area contributed by atoms with Crippen LogP contribution in [0.3, 0.4) is 0 Å². The highest BCUT2D eigenvalue weighted by Crippen LogP contribution is 2.32. The van der Waals surface area contributed by atoms with Crippen LogP contribution >= 0.6 is 11.3 Å². The lowest BCUT2D eigenvalue weighted by Gasteiger charge is -2.34. The van der Waals surface area contributed by atoms with Gasteiger partial charge in [-0.05, 0) is 31.2 Å². The van der Waals surface area contributed by atoms with Crippen molar-refractivity contribution in [2.24, 2.45) is 0 Å². The first-order valence-electron chi connectivity index (χ1n) is 12.1. The fourth-order valence-electron chi connectivity index (χ4n) is 4.81. The second kappa shape index (κ2) is 9.87. The van der Waals surface area contributed by atoms with Crippen molar-refractivity contribution in [3.8, 4) is 0 Å². The highest BCUT2D eigenvalue weighted by Gasteiger charge is 2.30. The SMILES string of the molecule is C=Cc1sc2c(C(=O)N3CCN(C(C)=O)CC3)c(=O)c3ccc(N4CCOCC4)nc3n2c1/C=C\C. The molecular weight excluding hydrogens is 478 g/mol. The molecule has 0 bridgehead atoms. The number of hydrogen-bond acceptors (Lipinski definition) is 7. The van der Waals surface area contributed by atoms with Crippen LogP contribution in [0.1, 0.15) is 34.8 Å². The number of carbonyl (C=O) groups is 2. The van der Waals surface area contributed by atoms with Gasteiger partial charge in [0.15, 0.2) is 5.65 Å². The number of fused-ring (bicyclic) bond motifs is 3. The summed E-state index contributed by atoms with van der Waals surface area (Å²) in [6.07, 6.45) is 5.62. The quantitative estimate of drug-likeness (QED) is 0.540. The molecule has 0 unspecified atom stereocenters. The number of piperazine rings is 1. The van der Waals surface area contributed by atoms with Gasteiger partial charge in [-0.15, -0.1) is 11.3 Å². The maximum Gasteiger partial charge on any atom is 0.260 e. The number of allylic oxidation sites excluding steroid dienone is 1. The second-order valence-electron chi connectivity index (χ2n) is 8.84. The largest absolute Gasteiger partial charge is 0.378 e. The van der Waals surface area contributed by atoms with E-state index in [1.165, 1.54) is 18.3 Å². The third kappa shape index (κ3) is 4.10. The van der Waals surface area contributed by atoms with Crippen LogP contribution in [0.5, 0.6) is 0 Å². The van der Waals surface area contributed by atoms with E-state index < -0.39 is 0 Å². The molecule has 10 heteroatoms. The summed E-state index contributed by atoms with van der Waals surface area (Å²) in [7, 11) is 0. The summed E-state index contributed by atoms with van der Waals surface area (Å²) in [4.78, 5) is 51.2. The molecule has 2 amide bonds. The topological polar surface area (TPSA) is 87.5 Å². The van der Waals surface area contributed by atoms with E-state index in [4.69, 9.17) is 9.72 Å². The van der Waals surface area contributed by atoms with Crippen LogP contribution in [0.2, 0.25) is 0 Å². The van der Waals surface area contributed by atoms with Gasteiger partial charge in [0.05, 0.1) is 29.2 Å². The van der Waals surface area contributed by atoms with Crippen molar-refractivity contribution in [3.05, 3.63) is 51.1 Å². The van der Waals surface area contributed by atoms with E-state index in [1.54, 1.807) is 21.9 Å². The molecule has 0 N–H and O–H groups in total. The Hall–Kier alpha value is -3.50. The molecule has 188 valence electrons. The predicted octanol–water partition coefficient (Wildman–Crippen LogP) is 2.73. The zero-order valence-corrected chi connectivity index (χ0v) is 21.3. The molecule has 9 nitrogen and oxygen atoms in total. The smallest absolute Gasteiger partial charge is 0.260 e. The molecule has 3 aromatic rings. The molecule has 2 aliphatic heterocycles. The maximum atomic E-state index is 13.8. The first kappa shape index (κ1) is 24.2. The van der Waals surface area contributed by atoms with Gasteiger partial charge in [-0.25, -0.2) is 4.98 Å². The van der Waals surface area contributed by atoms with Crippen molar-refractivity contribution >= 4 is 57.0 Å². The second-order valence-corrected chi connectivity index (χ2v) is 9.87. The van der Waals surface area contributed by atoms with Gasteiger partial charge < -0.3 is 19.4 Å². The van der Waals surface area contributed by atoms with Crippen LogP contribution in [0.25, 0.3) is 28.0 Å². The fourth-order valence-corrected chi connectivity index (χ4v) is 5.93. The summed E-state index contributed by atoms with van der Waals surface area (Å²) >= 11 is 1.37. The summed E-state index contributed by atoms with van der Waals surface area (Å²) in [6, 6.07) is 3.62. The summed E-state index contributed by atoms with van der Waals surface area (Å²) in [6.45, 7) is 11.8. The van der Waals surface area contributed by atoms with E-state index in [9.17, 15) is 14.4 Å². The van der Waals surface area contributed by atoms with Gasteiger partial charge in [0.25, 0.3) is 5.91 Å². The molecule has 2 fully saturated rings. The van der Waals surface area contributed by atoms with Gasteiger partial charge in [-0.1, -0.05) is 12.7 Å². The van der Waals surface area contributed by atoms with Crippen molar-refractivity contribution in [1.29, 1.82) is 0 Å². The number of anilines is 1. The average Bonchev–Trinajstić information content (AvgIpc) is 3.27. The maximum absolute atomic E-state index is 13.8. The Labute approximate surface area is 212 Å². The Balaban J connectivity index is 1.71. The van der Waals surface area contributed by atoms with Crippen molar-refractivity contribution < 1.29 is 14.3 Å². The molecule has 5 rings (SSSR count). The predicted molar refractivity (Wildman–Crippen MR) is 143 cm³/mol. The van der Waals surface area contributed by atoms with Crippen molar-refractivity contribution in [2.45, 2.75) is 13.8 Å². The molecule has 3 aromatic heterocycles. The summed E-state index contributed by atoms with van der Waals surface area (Å²) in [5.41, 5.74) is 1.17. The van der Waals surface area contributed by atoms with E-state index in [0.717, 1.165) is 29.5 Å². The highest BCUT2D eigenvalue weighted by atomic mass is 32.1. The number of thiazole rings is 1. The number of carbonyl (C=O) groups excluding carboxylic acids is 2. The minimum absolute atomic E-state index is 0.0118. The van der Waals surface area contributed by atoms with E-state index in [2.05, 4.69) is 11.5 Å². The van der Waals surface area contributed by atoms with E-state index in [-0.39, 0.29) is 22.8 Å². The number of ether oxygens (including phenoxy) is 1.